The average Bonchev–Trinajstić information content (AvgIpc) is 3.75. The van der Waals surface area contributed by atoms with E-state index in [2.05, 4.69) is 34.8 Å². The van der Waals surface area contributed by atoms with Gasteiger partial charge in [0, 0.05) is 81.2 Å². The minimum atomic E-state index is -1.25. The van der Waals surface area contributed by atoms with Crippen LogP contribution in [-0.2, 0) is 25.1 Å². The third-order valence-corrected chi connectivity index (χ3v) is 11.4. The summed E-state index contributed by atoms with van der Waals surface area (Å²) in [5.74, 6) is 1.72. The van der Waals surface area contributed by atoms with Crippen molar-refractivity contribution in [2.75, 3.05) is 11.5 Å². The van der Waals surface area contributed by atoms with Crippen LogP contribution >= 0.6 is 11.6 Å². The van der Waals surface area contributed by atoms with Crippen LogP contribution in [0.2, 0.25) is 30.7 Å². The van der Waals surface area contributed by atoms with E-state index >= 15 is 0 Å². The molecular formula is C32H40ClN9O3Si. The van der Waals surface area contributed by atoms with Gasteiger partial charge in [-0.1, -0.05) is 37.3 Å². The Morgan fingerprint density at radius 1 is 1.13 bits per heavy atom. The highest BCUT2D eigenvalue weighted by molar-refractivity contribution is 6.76. The molecule has 2 fully saturated rings. The fourth-order valence-corrected chi connectivity index (χ4v) is 8.00. The first-order chi connectivity index (χ1) is 22.0. The molecule has 2 bridgehead atoms. The minimum Gasteiger partial charge on any atom is -0.465 e. The van der Waals surface area contributed by atoms with Crippen molar-refractivity contribution in [1.82, 2.24) is 39.2 Å². The first-order valence-corrected chi connectivity index (χ1v) is 20.0. The van der Waals surface area contributed by atoms with E-state index < -0.39 is 14.2 Å². The number of piperidine rings is 1. The van der Waals surface area contributed by atoms with Gasteiger partial charge in [0.05, 0.1) is 23.3 Å². The van der Waals surface area contributed by atoms with Crippen molar-refractivity contribution in [1.29, 1.82) is 0 Å². The number of halogens is 1. The number of carboxylic acid groups (broad SMARTS) is 1. The Balaban J connectivity index is 1.24. The highest BCUT2D eigenvalue weighted by Crippen LogP contribution is 2.41. The molecule has 0 spiro atoms. The molecule has 2 saturated heterocycles. The number of nitrogens with zero attached hydrogens (tertiary/aromatic N) is 8. The van der Waals surface area contributed by atoms with Crippen LogP contribution in [0.5, 0.6) is 0 Å². The Hall–Kier alpha value is -3.94. The van der Waals surface area contributed by atoms with E-state index in [9.17, 15) is 9.90 Å². The summed E-state index contributed by atoms with van der Waals surface area (Å²) in [6, 6.07) is 5.47. The predicted octanol–water partition coefficient (Wildman–Crippen LogP) is 5.96. The molecule has 0 aliphatic carbocycles. The quantitative estimate of drug-likeness (QED) is 0.139. The zero-order valence-electron chi connectivity index (χ0n) is 26.6. The van der Waals surface area contributed by atoms with Gasteiger partial charge in [-0.2, -0.15) is 5.10 Å². The molecule has 0 saturated carbocycles. The maximum Gasteiger partial charge on any atom is 0.404 e. The topological polar surface area (TPSA) is 128 Å². The van der Waals surface area contributed by atoms with Crippen LogP contribution in [0.25, 0.3) is 33.2 Å². The lowest BCUT2D eigenvalue weighted by Gasteiger charge is -2.39. The molecule has 2 unspecified atom stereocenters. The molecular weight excluding hydrogens is 622 g/mol. The second kappa shape index (κ2) is 12.0. The van der Waals surface area contributed by atoms with Crippen molar-refractivity contribution in [2.24, 2.45) is 7.05 Å². The van der Waals surface area contributed by atoms with Gasteiger partial charge >= 0.3 is 6.09 Å². The van der Waals surface area contributed by atoms with Crippen LogP contribution in [0.15, 0.2) is 43.1 Å². The Bertz CT molecular complexity index is 1900. The number of imidazole rings is 1. The largest absolute Gasteiger partial charge is 0.465 e. The normalized spacial score (nSPS) is 19.8. The number of hydrogen-bond acceptors (Lipinski definition) is 7. The van der Waals surface area contributed by atoms with E-state index in [1.807, 2.05) is 57.8 Å². The third kappa shape index (κ3) is 5.98. The smallest absolute Gasteiger partial charge is 0.404 e. The Kier molecular flexibility index (Phi) is 8.02. The number of aryl methyl sites for hydroxylation is 1. The number of nitrogens with one attached hydrogen (secondary N) is 1. The van der Waals surface area contributed by atoms with Crippen LogP contribution in [0.3, 0.4) is 0 Å². The van der Waals surface area contributed by atoms with Crippen LogP contribution in [0.4, 0.5) is 10.6 Å². The van der Waals surface area contributed by atoms with Gasteiger partial charge in [0.1, 0.15) is 23.9 Å². The lowest BCUT2D eigenvalue weighted by atomic mass is 9.97. The molecule has 1 aromatic carbocycles. The lowest BCUT2D eigenvalue weighted by molar-refractivity contribution is 0.0899. The summed E-state index contributed by atoms with van der Waals surface area (Å²) in [6.07, 6.45) is 12.2. The van der Waals surface area contributed by atoms with E-state index in [0.29, 0.717) is 24.9 Å². The summed E-state index contributed by atoms with van der Waals surface area (Å²) in [6.45, 7) is 8.62. The number of aromatic nitrogens is 7. The minimum absolute atomic E-state index is 0.0386. The summed E-state index contributed by atoms with van der Waals surface area (Å²) in [4.78, 5) is 28.3. The molecule has 2 atom stereocenters. The number of rotatable bonds is 10. The highest BCUT2D eigenvalue weighted by Gasteiger charge is 2.42. The lowest BCUT2D eigenvalue weighted by Crippen LogP contribution is -2.50. The number of fused-ring (bicyclic) bond motifs is 4. The Morgan fingerprint density at radius 3 is 2.61 bits per heavy atom. The summed E-state index contributed by atoms with van der Waals surface area (Å²) < 4.78 is 12.1. The number of anilines is 1. The first kappa shape index (κ1) is 30.7. The fraction of sp³-hybridized carbons (Fsp3) is 0.469. The maximum absolute atomic E-state index is 11.3. The van der Waals surface area contributed by atoms with Gasteiger partial charge in [0.15, 0.2) is 5.65 Å². The zero-order valence-corrected chi connectivity index (χ0v) is 28.4. The van der Waals surface area contributed by atoms with Crippen LogP contribution in [0.1, 0.15) is 31.5 Å². The van der Waals surface area contributed by atoms with Gasteiger partial charge in [0.2, 0.25) is 0 Å². The van der Waals surface area contributed by atoms with Crippen molar-refractivity contribution in [2.45, 2.75) is 82.8 Å². The van der Waals surface area contributed by atoms with E-state index in [1.165, 1.54) is 0 Å². The first-order valence-electron chi connectivity index (χ1n) is 15.9. The fourth-order valence-electron chi connectivity index (χ4n) is 6.94. The number of carbonyl (C=O) groups is 1. The summed E-state index contributed by atoms with van der Waals surface area (Å²) in [5.41, 5.74) is 4.06. The summed E-state index contributed by atoms with van der Waals surface area (Å²) >= 11 is 7.12. The SMILES string of the molecule is Cn1ccnc1Cn1cc2c(Cl)c(-c3cn(COCC[Si](C)(C)C)c4nc(N5C6CCC5CC(NC(=O)O)C6)cnc34)ccc2n1. The van der Waals surface area contributed by atoms with Gasteiger partial charge in [-0.25, -0.2) is 19.7 Å². The van der Waals surface area contributed by atoms with E-state index in [4.69, 9.17) is 31.4 Å². The number of benzene rings is 1. The second-order valence-corrected chi connectivity index (χ2v) is 19.8. The molecule has 6 heterocycles. The van der Waals surface area contributed by atoms with Crippen molar-refractivity contribution in [3.63, 3.8) is 0 Å². The molecule has 1 amide bonds. The zero-order chi connectivity index (χ0) is 32.2. The van der Waals surface area contributed by atoms with Gasteiger partial charge in [-0.05, 0) is 37.8 Å². The van der Waals surface area contributed by atoms with Crippen LogP contribution in [0, 0.1) is 0 Å². The third-order valence-electron chi connectivity index (χ3n) is 9.29. The van der Waals surface area contributed by atoms with Crippen molar-refractivity contribution in [3.05, 3.63) is 54.0 Å². The molecule has 12 nitrogen and oxygen atoms in total. The molecule has 0 radical (unpaired) electrons. The molecule has 2 aliphatic rings. The molecule has 4 aromatic heterocycles. The molecule has 2 aliphatic heterocycles. The molecule has 2 N–H and O–H groups in total. The Morgan fingerprint density at radius 2 is 1.91 bits per heavy atom. The number of ether oxygens (including phenoxy) is 1. The Labute approximate surface area is 273 Å². The van der Waals surface area contributed by atoms with Crippen LogP contribution < -0.4 is 10.2 Å². The predicted molar refractivity (Wildman–Crippen MR) is 181 cm³/mol. The highest BCUT2D eigenvalue weighted by atomic mass is 35.5. The van der Waals surface area contributed by atoms with E-state index in [0.717, 1.165) is 76.6 Å². The molecule has 5 aromatic rings. The average molecular weight is 662 g/mol. The number of amides is 1. The van der Waals surface area contributed by atoms with Gasteiger partial charge < -0.3 is 29.2 Å². The number of hydrogen-bond donors (Lipinski definition) is 2. The van der Waals surface area contributed by atoms with Crippen molar-refractivity contribution in [3.8, 4) is 11.1 Å². The molecule has 46 heavy (non-hydrogen) atoms. The van der Waals surface area contributed by atoms with Crippen molar-refractivity contribution >= 4 is 53.7 Å². The maximum atomic E-state index is 11.3. The van der Waals surface area contributed by atoms with Gasteiger partial charge in [0.25, 0.3) is 0 Å². The van der Waals surface area contributed by atoms with Crippen LogP contribution in [-0.4, -0.2) is 77.9 Å². The monoisotopic (exact) mass is 661 g/mol. The van der Waals surface area contributed by atoms with Gasteiger partial charge in [-0.3, -0.25) is 4.68 Å². The van der Waals surface area contributed by atoms with E-state index in [1.54, 1.807) is 6.20 Å². The van der Waals surface area contributed by atoms with Gasteiger partial charge in [-0.15, -0.1) is 0 Å². The standard InChI is InChI=1S/C32H40ClN9O3Si/c1-39-10-9-34-28(39)18-41-17-25-26(38-41)8-7-23(29(25)33)24-16-40(19-45-11-12-46(2,3)4)31-30(24)35-15-27(37-31)42-21-5-6-22(42)14-20(13-21)36-32(43)44/h7-10,15-17,20-22,36H,5-6,11-14,18-19H2,1-4H3,(H,43,44). The molecule has 14 heteroatoms. The molecule has 242 valence electrons. The second-order valence-electron chi connectivity index (χ2n) is 13.8. The summed E-state index contributed by atoms with van der Waals surface area (Å²) in [5, 5.41) is 18.2. The van der Waals surface area contributed by atoms with Crippen molar-refractivity contribution < 1.29 is 14.6 Å². The summed E-state index contributed by atoms with van der Waals surface area (Å²) in [7, 11) is 0.720. The molecule has 7 rings (SSSR count). The van der Waals surface area contributed by atoms with E-state index in [-0.39, 0.29) is 18.1 Å².